The normalized spacial score (nSPS) is 10.6. The van der Waals surface area contributed by atoms with Gasteiger partial charge in [-0.1, -0.05) is 15.9 Å². The molecule has 3 nitrogen and oxygen atoms in total. The van der Waals surface area contributed by atoms with Crippen molar-refractivity contribution in [2.45, 2.75) is 6.92 Å². The van der Waals surface area contributed by atoms with Crippen molar-refractivity contribution in [3.8, 4) is 5.69 Å². The number of rotatable bonds is 1. The van der Waals surface area contributed by atoms with Gasteiger partial charge in [0.15, 0.2) is 4.77 Å². The van der Waals surface area contributed by atoms with Gasteiger partial charge in [0.1, 0.15) is 5.82 Å². The molecule has 1 aromatic heterocycles. The fourth-order valence-electron chi connectivity index (χ4n) is 1.32. The number of H-pyrrole nitrogens is 1. The molecule has 0 fully saturated rings. The van der Waals surface area contributed by atoms with Crippen LogP contribution in [0.15, 0.2) is 27.1 Å². The largest absolute Gasteiger partial charge is 0.271 e. The lowest BCUT2D eigenvalue weighted by Crippen LogP contribution is -1.98. The fourth-order valence-corrected chi connectivity index (χ4v) is 2.82. The molecule has 15 heavy (non-hydrogen) atoms. The van der Waals surface area contributed by atoms with Crippen molar-refractivity contribution in [2.24, 2.45) is 0 Å². The Hall–Kier alpha value is -0.460. The van der Waals surface area contributed by atoms with Crippen molar-refractivity contribution in [1.82, 2.24) is 14.8 Å². The molecule has 0 amide bonds. The van der Waals surface area contributed by atoms with E-state index in [0.29, 0.717) is 4.77 Å². The second-order valence-corrected chi connectivity index (χ2v) is 5.16. The number of halogens is 2. The number of nitrogens with one attached hydrogen (secondary N) is 1. The highest BCUT2D eigenvalue weighted by atomic mass is 79.9. The average molecular weight is 349 g/mol. The lowest BCUT2D eigenvalue weighted by atomic mass is 10.3. The van der Waals surface area contributed by atoms with E-state index < -0.39 is 0 Å². The Bertz CT molecular complexity index is 559. The molecule has 1 aromatic carbocycles. The van der Waals surface area contributed by atoms with Crippen LogP contribution < -0.4 is 0 Å². The molecule has 0 aliphatic heterocycles. The number of nitrogens with zero attached hydrogens (tertiary/aromatic N) is 2. The van der Waals surface area contributed by atoms with Gasteiger partial charge in [-0.05, 0) is 53.3 Å². The molecule has 0 unspecified atom stereocenters. The maximum atomic E-state index is 5.16. The van der Waals surface area contributed by atoms with Crippen molar-refractivity contribution in [2.75, 3.05) is 0 Å². The minimum Gasteiger partial charge on any atom is -0.271 e. The van der Waals surface area contributed by atoms with Crippen molar-refractivity contribution in [3.63, 3.8) is 0 Å². The second-order valence-electron chi connectivity index (χ2n) is 3.01. The first kappa shape index (κ1) is 11.0. The number of hydrogen-bond acceptors (Lipinski definition) is 2. The Morgan fingerprint density at radius 1 is 1.40 bits per heavy atom. The summed E-state index contributed by atoms with van der Waals surface area (Å²) in [5, 5.41) is 6.83. The van der Waals surface area contributed by atoms with Crippen molar-refractivity contribution < 1.29 is 0 Å². The Kier molecular flexibility index (Phi) is 3.08. The lowest BCUT2D eigenvalue weighted by Gasteiger charge is -2.06. The predicted octanol–water partition coefficient (Wildman–Crippen LogP) is 3.76. The predicted molar refractivity (Wildman–Crippen MR) is 68.9 cm³/mol. The van der Waals surface area contributed by atoms with Gasteiger partial charge in [-0.25, -0.2) is 0 Å². The van der Waals surface area contributed by atoms with Gasteiger partial charge < -0.3 is 0 Å². The quantitative estimate of drug-likeness (QED) is 0.796. The molecule has 6 heteroatoms. The molecule has 2 aromatic rings. The molecule has 0 atom stereocenters. The van der Waals surface area contributed by atoms with E-state index in [9.17, 15) is 0 Å². The zero-order valence-electron chi connectivity index (χ0n) is 7.79. The zero-order chi connectivity index (χ0) is 11.0. The second kappa shape index (κ2) is 4.19. The number of benzene rings is 1. The highest BCUT2D eigenvalue weighted by Gasteiger charge is 2.07. The number of aromatic amines is 1. The molecular weight excluding hydrogens is 342 g/mol. The molecule has 0 saturated heterocycles. The number of aromatic nitrogens is 3. The average Bonchev–Trinajstić information content (AvgIpc) is 2.48. The molecule has 78 valence electrons. The maximum Gasteiger partial charge on any atom is 0.199 e. The summed E-state index contributed by atoms with van der Waals surface area (Å²) in [7, 11) is 0. The summed E-state index contributed by atoms with van der Waals surface area (Å²) < 4.78 is 4.46. The van der Waals surface area contributed by atoms with Crippen LogP contribution in [-0.4, -0.2) is 14.8 Å². The van der Waals surface area contributed by atoms with Crippen molar-refractivity contribution in [1.29, 1.82) is 0 Å². The third-order valence-electron chi connectivity index (χ3n) is 1.99. The van der Waals surface area contributed by atoms with E-state index in [2.05, 4.69) is 42.1 Å². The van der Waals surface area contributed by atoms with Gasteiger partial charge in [0.05, 0.1) is 5.69 Å². The van der Waals surface area contributed by atoms with Crippen molar-refractivity contribution >= 4 is 44.1 Å². The third-order valence-corrected chi connectivity index (χ3v) is 3.39. The monoisotopic (exact) mass is 347 g/mol. The van der Waals surface area contributed by atoms with Crippen LogP contribution in [0.4, 0.5) is 0 Å². The van der Waals surface area contributed by atoms with E-state index in [4.69, 9.17) is 12.2 Å². The summed E-state index contributed by atoms with van der Waals surface area (Å²) in [6.07, 6.45) is 0. The van der Waals surface area contributed by atoms with Crippen LogP contribution in [0.5, 0.6) is 0 Å². The van der Waals surface area contributed by atoms with Gasteiger partial charge in [0, 0.05) is 8.95 Å². The molecule has 2 rings (SSSR count). The number of aryl methyl sites for hydroxylation is 1. The Morgan fingerprint density at radius 3 is 2.67 bits per heavy atom. The summed E-state index contributed by atoms with van der Waals surface area (Å²) in [6.45, 7) is 1.90. The Morgan fingerprint density at radius 2 is 2.13 bits per heavy atom. The van der Waals surface area contributed by atoms with Gasteiger partial charge in [-0.2, -0.15) is 5.10 Å². The van der Waals surface area contributed by atoms with Crippen LogP contribution in [0.3, 0.4) is 0 Å². The fraction of sp³-hybridized carbons (Fsp3) is 0.111. The van der Waals surface area contributed by atoms with E-state index >= 15 is 0 Å². The summed E-state index contributed by atoms with van der Waals surface area (Å²) in [4.78, 5) is 0. The first-order chi connectivity index (χ1) is 7.09. The summed E-state index contributed by atoms with van der Waals surface area (Å²) >= 11 is 12.1. The van der Waals surface area contributed by atoms with Crippen LogP contribution in [0.2, 0.25) is 0 Å². The molecule has 1 heterocycles. The van der Waals surface area contributed by atoms with E-state index in [0.717, 1.165) is 20.5 Å². The molecule has 0 radical (unpaired) electrons. The summed E-state index contributed by atoms with van der Waals surface area (Å²) in [6, 6.07) is 5.92. The first-order valence-corrected chi connectivity index (χ1v) is 6.18. The first-order valence-electron chi connectivity index (χ1n) is 4.19. The van der Waals surface area contributed by atoms with Crippen molar-refractivity contribution in [3.05, 3.63) is 37.7 Å². The minimum atomic E-state index is 0.593. The topological polar surface area (TPSA) is 33.6 Å². The summed E-state index contributed by atoms with van der Waals surface area (Å²) in [5.41, 5.74) is 0.981. The smallest absolute Gasteiger partial charge is 0.199 e. The third kappa shape index (κ3) is 2.07. The van der Waals surface area contributed by atoms with Gasteiger partial charge >= 0.3 is 0 Å². The standard InChI is InChI=1S/C9H7Br2N3S/c1-5-12-13-9(15)14(5)8-3-2-6(10)4-7(8)11/h2-4H,1H3,(H,13,15). The minimum absolute atomic E-state index is 0.593. The molecule has 1 N–H and O–H groups in total. The van der Waals surface area contributed by atoms with Gasteiger partial charge in [0.25, 0.3) is 0 Å². The molecule has 0 bridgehead atoms. The van der Waals surface area contributed by atoms with E-state index in [1.54, 1.807) is 0 Å². The maximum absolute atomic E-state index is 5.16. The zero-order valence-corrected chi connectivity index (χ0v) is 11.8. The Balaban J connectivity index is 2.69. The molecule has 0 spiro atoms. The van der Waals surface area contributed by atoms with Crippen LogP contribution in [0.1, 0.15) is 5.82 Å². The molecule has 0 aliphatic rings. The van der Waals surface area contributed by atoms with Crippen LogP contribution >= 0.6 is 44.1 Å². The van der Waals surface area contributed by atoms with Crippen LogP contribution in [0.25, 0.3) is 5.69 Å². The van der Waals surface area contributed by atoms with Crippen LogP contribution in [0, 0.1) is 11.7 Å². The van der Waals surface area contributed by atoms with E-state index in [-0.39, 0.29) is 0 Å². The van der Waals surface area contributed by atoms with Gasteiger partial charge in [-0.15, -0.1) is 0 Å². The summed E-state index contributed by atoms with van der Waals surface area (Å²) in [5.74, 6) is 0.836. The molecule has 0 aliphatic carbocycles. The van der Waals surface area contributed by atoms with Gasteiger partial charge in [0.2, 0.25) is 0 Å². The van der Waals surface area contributed by atoms with Crippen LogP contribution in [-0.2, 0) is 0 Å². The molecule has 0 saturated carbocycles. The lowest BCUT2D eigenvalue weighted by molar-refractivity contribution is 0.958. The number of hydrogen-bond donors (Lipinski definition) is 1. The van der Waals surface area contributed by atoms with Gasteiger partial charge in [-0.3, -0.25) is 9.67 Å². The SMILES string of the molecule is Cc1n[nH]c(=S)n1-c1ccc(Br)cc1Br. The van der Waals surface area contributed by atoms with E-state index in [1.165, 1.54) is 0 Å². The highest BCUT2D eigenvalue weighted by Crippen LogP contribution is 2.25. The van der Waals surface area contributed by atoms with E-state index in [1.807, 2.05) is 29.7 Å². The Labute approximate surface area is 109 Å². The molecular formula is C9H7Br2N3S. The highest BCUT2D eigenvalue weighted by molar-refractivity contribution is 9.11.